The lowest BCUT2D eigenvalue weighted by atomic mass is 10.0. The molecule has 0 amide bonds. The van der Waals surface area contributed by atoms with Gasteiger partial charge < -0.3 is 19.9 Å². The molecule has 0 aliphatic carbocycles. The SMILES string of the molecule is CCOC(=O)c1c(Nc2ccc(OCC)cc2)sc(C=C2C=Nc3c(CC)cccc32)c1O. The van der Waals surface area contributed by atoms with Gasteiger partial charge in [0.25, 0.3) is 0 Å². The number of benzene rings is 2. The number of aliphatic imine (C=N–C) groups is 1. The number of nitrogens with zero attached hydrogens (tertiary/aromatic N) is 1. The number of allylic oxidation sites excluding steroid dienone is 1. The maximum atomic E-state index is 12.7. The Balaban J connectivity index is 1.72. The number of esters is 1. The van der Waals surface area contributed by atoms with Crippen LogP contribution in [0, 0.1) is 0 Å². The van der Waals surface area contributed by atoms with Gasteiger partial charge in [0.2, 0.25) is 0 Å². The molecule has 3 aromatic rings. The molecule has 4 rings (SSSR count). The number of anilines is 2. The van der Waals surface area contributed by atoms with Crippen molar-refractivity contribution < 1.29 is 19.4 Å². The van der Waals surface area contributed by atoms with Crippen LogP contribution in [0.4, 0.5) is 16.4 Å². The molecule has 0 bridgehead atoms. The number of aromatic hydroxyl groups is 1. The van der Waals surface area contributed by atoms with Crippen molar-refractivity contribution in [2.75, 3.05) is 18.5 Å². The Hall–Kier alpha value is -3.58. The molecule has 1 aliphatic heterocycles. The number of carbonyl (C=O) groups excluding carboxylic acids is 1. The summed E-state index contributed by atoms with van der Waals surface area (Å²) in [6.07, 6.45) is 4.55. The van der Waals surface area contributed by atoms with E-state index in [1.54, 1.807) is 13.1 Å². The summed E-state index contributed by atoms with van der Waals surface area (Å²) in [7, 11) is 0. The molecular weight excluding hydrogens is 436 g/mol. The number of fused-ring (bicyclic) bond motifs is 1. The highest BCUT2D eigenvalue weighted by Gasteiger charge is 2.25. The molecule has 2 N–H and O–H groups in total. The van der Waals surface area contributed by atoms with Gasteiger partial charge in [0.1, 0.15) is 22.1 Å². The summed E-state index contributed by atoms with van der Waals surface area (Å²) in [5.74, 6) is 0.0877. The van der Waals surface area contributed by atoms with Gasteiger partial charge in [-0.1, -0.05) is 25.1 Å². The van der Waals surface area contributed by atoms with Crippen LogP contribution in [0.2, 0.25) is 0 Å². The average Bonchev–Trinajstić information content (AvgIpc) is 3.36. The largest absolute Gasteiger partial charge is 0.505 e. The standard InChI is InChI=1S/C26H26N2O4S/c1-4-16-8-7-9-20-17(15-27-23(16)20)14-21-24(29)22(26(30)32-6-3)25(33-21)28-18-10-12-19(13-11-18)31-5-2/h7-15,28-29H,4-6H2,1-3H3. The lowest BCUT2D eigenvalue weighted by molar-refractivity contribution is 0.0525. The van der Waals surface area contributed by atoms with Crippen LogP contribution in [0.25, 0.3) is 11.6 Å². The molecule has 0 fully saturated rings. The van der Waals surface area contributed by atoms with E-state index in [0.29, 0.717) is 16.5 Å². The van der Waals surface area contributed by atoms with Crippen LogP contribution in [0.15, 0.2) is 47.5 Å². The number of thiophene rings is 1. The van der Waals surface area contributed by atoms with Gasteiger partial charge >= 0.3 is 5.97 Å². The number of para-hydroxylation sites is 1. The minimum atomic E-state index is -0.571. The summed E-state index contributed by atoms with van der Waals surface area (Å²) in [5.41, 5.74) is 4.93. The van der Waals surface area contributed by atoms with Gasteiger partial charge in [-0.15, -0.1) is 11.3 Å². The third-order valence-electron chi connectivity index (χ3n) is 5.24. The molecule has 170 valence electrons. The highest BCUT2D eigenvalue weighted by Crippen LogP contribution is 2.44. The Bertz CT molecular complexity index is 1230. The van der Waals surface area contributed by atoms with E-state index in [-0.39, 0.29) is 17.9 Å². The highest BCUT2D eigenvalue weighted by molar-refractivity contribution is 7.18. The number of rotatable bonds is 8. The molecule has 1 aromatic heterocycles. The minimum Gasteiger partial charge on any atom is -0.505 e. The summed E-state index contributed by atoms with van der Waals surface area (Å²) < 4.78 is 10.7. The van der Waals surface area contributed by atoms with Crippen molar-refractivity contribution >= 4 is 51.5 Å². The molecule has 33 heavy (non-hydrogen) atoms. The fraction of sp³-hybridized carbons (Fsp3) is 0.231. The first-order chi connectivity index (χ1) is 16.0. The number of nitrogens with one attached hydrogen (secondary N) is 1. The van der Waals surface area contributed by atoms with E-state index in [9.17, 15) is 9.90 Å². The first-order valence-corrected chi connectivity index (χ1v) is 11.8. The van der Waals surface area contributed by atoms with Crippen molar-refractivity contribution in [2.45, 2.75) is 27.2 Å². The predicted molar refractivity (Wildman–Crippen MR) is 135 cm³/mol. The minimum absolute atomic E-state index is 0.104. The Labute approximate surface area is 197 Å². The summed E-state index contributed by atoms with van der Waals surface area (Å²) >= 11 is 1.29. The van der Waals surface area contributed by atoms with Gasteiger partial charge in [-0.3, -0.25) is 4.99 Å². The smallest absolute Gasteiger partial charge is 0.344 e. The van der Waals surface area contributed by atoms with Crippen LogP contribution in [0.1, 0.15) is 47.1 Å². The molecule has 0 spiro atoms. The Morgan fingerprint density at radius 2 is 1.91 bits per heavy atom. The van der Waals surface area contributed by atoms with Crippen molar-refractivity contribution in [1.82, 2.24) is 0 Å². The summed E-state index contributed by atoms with van der Waals surface area (Å²) in [4.78, 5) is 17.8. The lowest BCUT2D eigenvalue weighted by Gasteiger charge is -2.08. The number of ether oxygens (including phenoxy) is 2. The fourth-order valence-corrected chi connectivity index (χ4v) is 4.73. The van der Waals surface area contributed by atoms with E-state index >= 15 is 0 Å². The molecular formula is C26H26N2O4S. The van der Waals surface area contributed by atoms with E-state index < -0.39 is 5.97 Å². The molecule has 1 aliphatic rings. The van der Waals surface area contributed by atoms with Gasteiger partial charge in [-0.2, -0.15) is 0 Å². The molecule has 0 unspecified atom stereocenters. The first-order valence-electron chi connectivity index (χ1n) is 11.0. The zero-order chi connectivity index (χ0) is 23.4. The monoisotopic (exact) mass is 462 g/mol. The van der Waals surface area contributed by atoms with Crippen LogP contribution < -0.4 is 10.1 Å². The lowest BCUT2D eigenvalue weighted by Crippen LogP contribution is -2.06. The van der Waals surface area contributed by atoms with Crippen LogP contribution in [0.5, 0.6) is 11.5 Å². The molecule has 0 saturated heterocycles. The molecule has 6 nitrogen and oxygen atoms in total. The fourth-order valence-electron chi connectivity index (χ4n) is 3.67. The van der Waals surface area contributed by atoms with E-state index in [1.165, 1.54) is 16.9 Å². The van der Waals surface area contributed by atoms with Gasteiger partial charge in [0.05, 0.1) is 23.8 Å². The number of hydrogen-bond donors (Lipinski definition) is 2. The maximum Gasteiger partial charge on any atom is 0.344 e. The van der Waals surface area contributed by atoms with E-state index in [4.69, 9.17) is 9.47 Å². The molecule has 2 heterocycles. The van der Waals surface area contributed by atoms with Crippen molar-refractivity contribution in [2.24, 2.45) is 4.99 Å². The quantitative estimate of drug-likeness (QED) is 0.369. The van der Waals surface area contributed by atoms with Crippen molar-refractivity contribution in [3.63, 3.8) is 0 Å². The van der Waals surface area contributed by atoms with Crippen LogP contribution in [-0.4, -0.2) is 30.5 Å². The van der Waals surface area contributed by atoms with Crippen LogP contribution in [0.3, 0.4) is 0 Å². The van der Waals surface area contributed by atoms with Gasteiger partial charge in [0.15, 0.2) is 0 Å². The maximum absolute atomic E-state index is 12.7. The summed E-state index contributed by atoms with van der Waals surface area (Å²) in [6, 6.07) is 13.5. The topological polar surface area (TPSA) is 80.2 Å². The predicted octanol–water partition coefficient (Wildman–Crippen LogP) is 6.59. The molecule has 2 aromatic carbocycles. The average molecular weight is 463 g/mol. The van der Waals surface area contributed by atoms with Gasteiger partial charge in [0, 0.05) is 23.0 Å². The Morgan fingerprint density at radius 1 is 1.12 bits per heavy atom. The highest BCUT2D eigenvalue weighted by atomic mass is 32.1. The van der Waals surface area contributed by atoms with E-state index in [1.807, 2.05) is 49.4 Å². The third kappa shape index (κ3) is 4.64. The van der Waals surface area contributed by atoms with E-state index in [2.05, 4.69) is 23.3 Å². The number of aryl methyl sites for hydroxylation is 1. The normalized spacial score (nSPS) is 13.2. The van der Waals surface area contributed by atoms with Crippen molar-refractivity contribution in [1.29, 1.82) is 0 Å². The molecule has 7 heteroatoms. The number of hydrogen-bond acceptors (Lipinski definition) is 7. The Kier molecular flexibility index (Phi) is 6.79. The van der Waals surface area contributed by atoms with Crippen molar-refractivity contribution in [3.05, 3.63) is 64.0 Å². The first kappa shape index (κ1) is 22.6. The van der Waals surface area contributed by atoms with E-state index in [0.717, 1.165) is 34.7 Å². The van der Waals surface area contributed by atoms with Gasteiger partial charge in [-0.25, -0.2) is 4.79 Å². The third-order valence-corrected chi connectivity index (χ3v) is 6.28. The summed E-state index contributed by atoms with van der Waals surface area (Å²) in [6.45, 7) is 6.57. The molecule has 0 atom stereocenters. The van der Waals surface area contributed by atoms with Crippen molar-refractivity contribution in [3.8, 4) is 11.5 Å². The second-order valence-corrected chi connectivity index (χ2v) is 8.40. The van der Waals surface area contributed by atoms with Crippen LogP contribution >= 0.6 is 11.3 Å². The Morgan fingerprint density at radius 3 is 2.61 bits per heavy atom. The van der Waals surface area contributed by atoms with Gasteiger partial charge in [-0.05, 0) is 56.2 Å². The second-order valence-electron chi connectivity index (χ2n) is 7.35. The number of carbonyl (C=O) groups is 1. The second kappa shape index (κ2) is 9.92. The molecule has 0 radical (unpaired) electrons. The summed E-state index contributed by atoms with van der Waals surface area (Å²) in [5, 5.41) is 14.7. The zero-order valence-electron chi connectivity index (χ0n) is 18.8. The van der Waals surface area contributed by atoms with Crippen LogP contribution in [-0.2, 0) is 11.2 Å². The molecule has 0 saturated carbocycles. The zero-order valence-corrected chi connectivity index (χ0v) is 19.7.